The Balaban J connectivity index is 0.000000383. The summed E-state index contributed by atoms with van der Waals surface area (Å²) in [4.78, 5) is 27.9. The molecule has 0 bridgehead atoms. The highest BCUT2D eigenvalue weighted by atomic mass is 19.4. The lowest BCUT2D eigenvalue weighted by Crippen LogP contribution is -2.28. The number of carbonyl (C=O) groups is 2. The van der Waals surface area contributed by atoms with Crippen molar-refractivity contribution in [2.24, 2.45) is 11.8 Å². The van der Waals surface area contributed by atoms with Crippen LogP contribution in [-0.2, 0) is 11.2 Å². The monoisotopic (exact) mass is 468 g/mol. The molecule has 2 fully saturated rings. The lowest BCUT2D eigenvalue weighted by atomic mass is 10.0. The van der Waals surface area contributed by atoms with Crippen LogP contribution in [0.15, 0.2) is 42.7 Å². The van der Waals surface area contributed by atoms with Gasteiger partial charge in [-0.1, -0.05) is 18.2 Å². The second-order valence-corrected chi connectivity index (χ2v) is 7.92. The van der Waals surface area contributed by atoms with Crippen LogP contribution in [-0.4, -0.2) is 60.9 Å². The van der Waals surface area contributed by atoms with E-state index in [1.54, 1.807) is 24.4 Å². The summed E-state index contributed by atoms with van der Waals surface area (Å²) in [5.74, 6) is -1.79. The van der Waals surface area contributed by atoms with Crippen LogP contribution < -0.4 is 15.5 Å². The lowest BCUT2D eigenvalue weighted by Gasteiger charge is -2.19. The highest BCUT2D eigenvalue weighted by Crippen LogP contribution is 2.30. The van der Waals surface area contributed by atoms with Crippen LogP contribution in [0.4, 0.5) is 23.2 Å². The van der Waals surface area contributed by atoms with E-state index in [4.69, 9.17) is 9.90 Å². The maximum atomic E-state index is 13.6. The first kappa shape index (κ1) is 24.4. The molecule has 2 aliphatic rings. The molecule has 4 rings (SSSR count). The molecule has 178 valence electrons. The van der Waals surface area contributed by atoms with E-state index in [1.165, 1.54) is 6.07 Å². The topological polar surface area (TPSA) is 94.6 Å². The van der Waals surface area contributed by atoms with Crippen molar-refractivity contribution < 1.29 is 32.3 Å². The number of anilines is 1. The molecule has 2 aliphatic heterocycles. The third-order valence-electron chi connectivity index (χ3n) is 5.62. The van der Waals surface area contributed by atoms with Gasteiger partial charge in [0, 0.05) is 38.9 Å². The van der Waals surface area contributed by atoms with Crippen molar-refractivity contribution in [2.45, 2.75) is 12.6 Å². The first-order valence-corrected chi connectivity index (χ1v) is 10.4. The molecule has 2 saturated heterocycles. The number of fused-ring (bicyclic) bond motifs is 1. The minimum atomic E-state index is -5.08. The molecule has 0 spiro atoms. The Hall–Kier alpha value is -3.21. The van der Waals surface area contributed by atoms with Gasteiger partial charge in [0.05, 0.1) is 17.4 Å². The van der Waals surface area contributed by atoms with Crippen molar-refractivity contribution >= 4 is 17.6 Å². The summed E-state index contributed by atoms with van der Waals surface area (Å²) in [5, 5.41) is 13.4. The number of aliphatic carboxylic acids is 1. The summed E-state index contributed by atoms with van der Waals surface area (Å²) in [6.45, 7) is 4.56. The number of hydrogen-bond donors (Lipinski definition) is 3. The molecular formula is C22H24F4N4O3. The van der Waals surface area contributed by atoms with E-state index in [9.17, 15) is 22.4 Å². The molecule has 0 aliphatic carbocycles. The van der Waals surface area contributed by atoms with Gasteiger partial charge < -0.3 is 20.6 Å². The van der Waals surface area contributed by atoms with Gasteiger partial charge in [-0.3, -0.25) is 9.78 Å². The summed E-state index contributed by atoms with van der Waals surface area (Å²) < 4.78 is 45.4. The number of carbonyl (C=O) groups excluding carboxylic acids is 1. The predicted octanol–water partition coefficient (Wildman–Crippen LogP) is 2.48. The van der Waals surface area contributed by atoms with Crippen LogP contribution in [0.25, 0.3) is 0 Å². The first-order valence-electron chi connectivity index (χ1n) is 10.4. The van der Waals surface area contributed by atoms with Crippen LogP contribution in [0.1, 0.15) is 15.9 Å². The molecule has 2 atom stereocenters. The zero-order valence-electron chi connectivity index (χ0n) is 17.6. The van der Waals surface area contributed by atoms with Gasteiger partial charge in [-0.15, -0.1) is 0 Å². The average Bonchev–Trinajstić information content (AvgIpc) is 3.37. The van der Waals surface area contributed by atoms with Gasteiger partial charge in [-0.2, -0.15) is 13.2 Å². The Kier molecular flexibility index (Phi) is 7.85. The third-order valence-corrected chi connectivity index (χ3v) is 5.62. The summed E-state index contributed by atoms with van der Waals surface area (Å²) in [7, 11) is 0. The normalized spacial score (nSPS) is 19.5. The molecule has 1 amide bonds. The van der Waals surface area contributed by atoms with Crippen LogP contribution >= 0.6 is 0 Å². The van der Waals surface area contributed by atoms with E-state index < -0.39 is 12.1 Å². The van der Waals surface area contributed by atoms with Crippen LogP contribution in [0.3, 0.4) is 0 Å². The number of carboxylic acids is 1. The number of benzene rings is 1. The van der Waals surface area contributed by atoms with Gasteiger partial charge in [0.25, 0.3) is 5.91 Å². The van der Waals surface area contributed by atoms with Crippen LogP contribution in [0.5, 0.6) is 0 Å². The zero-order chi connectivity index (χ0) is 24.0. The SMILES string of the molecule is O=C(NCCc1ccccc1F)c1cncc(N2C[C@H]3CNC[C@H]3C2)c1.O=C(O)C(F)(F)F. The Morgan fingerprint density at radius 3 is 2.39 bits per heavy atom. The molecule has 1 aromatic carbocycles. The van der Waals surface area contributed by atoms with E-state index in [1.807, 2.05) is 12.3 Å². The Morgan fingerprint density at radius 2 is 1.79 bits per heavy atom. The van der Waals surface area contributed by atoms with Gasteiger partial charge in [0.15, 0.2) is 0 Å². The number of nitrogens with zero attached hydrogens (tertiary/aromatic N) is 2. The quantitative estimate of drug-likeness (QED) is 0.584. The molecule has 0 unspecified atom stereocenters. The lowest BCUT2D eigenvalue weighted by molar-refractivity contribution is -0.192. The number of halogens is 4. The van der Waals surface area contributed by atoms with Crippen LogP contribution in [0, 0.1) is 17.7 Å². The minimum absolute atomic E-state index is 0.170. The number of pyridine rings is 1. The molecular weight excluding hydrogens is 444 g/mol. The summed E-state index contributed by atoms with van der Waals surface area (Å²) >= 11 is 0. The fraction of sp³-hybridized carbons (Fsp3) is 0.409. The largest absolute Gasteiger partial charge is 0.490 e. The fourth-order valence-corrected chi connectivity index (χ4v) is 3.91. The van der Waals surface area contributed by atoms with Crippen molar-refractivity contribution in [2.75, 3.05) is 37.6 Å². The minimum Gasteiger partial charge on any atom is -0.475 e. The number of rotatable bonds is 5. The molecule has 0 radical (unpaired) electrons. The average molecular weight is 468 g/mol. The van der Waals surface area contributed by atoms with E-state index in [-0.39, 0.29) is 11.7 Å². The van der Waals surface area contributed by atoms with E-state index >= 15 is 0 Å². The van der Waals surface area contributed by atoms with Gasteiger partial charge >= 0.3 is 12.1 Å². The molecule has 0 saturated carbocycles. The van der Waals surface area contributed by atoms with Crippen LogP contribution in [0.2, 0.25) is 0 Å². The number of nitrogens with one attached hydrogen (secondary N) is 2. The standard InChI is InChI=1S/C20H23FN4O.C2HF3O2/c21-19-4-2-1-3-14(19)5-6-24-20(26)15-7-18(11-23-8-15)25-12-16-9-22-10-17(16)13-25;3-2(4,5)1(6)7/h1-4,7-8,11,16-17,22H,5-6,9-10,12-13H2,(H,24,26);(H,6,7)/t16-,17+;. The molecule has 1 aromatic heterocycles. The van der Waals surface area contributed by atoms with Gasteiger partial charge in [0.2, 0.25) is 0 Å². The van der Waals surface area contributed by atoms with E-state index in [2.05, 4.69) is 20.5 Å². The third kappa shape index (κ3) is 6.64. The zero-order valence-corrected chi connectivity index (χ0v) is 17.6. The first-order chi connectivity index (χ1) is 15.6. The second kappa shape index (κ2) is 10.6. The molecule has 33 heavy (non-hydrogen) atoms. The number of aromatic nitrogens is 1. The van der Waals surface area contributed by atoms with Crippen molar-refractivity contribution in [3.8, 4) is 0 Å². The van der Waals surface area contributed by atoms with Gasteiger partial charge in [0.1, 0.15) is 5.82 Å². The van der Waals surface area contributed by atoms with Gasteiger partial charge in [-0.25, -0.2) is 9.18 Å². The molecule has 3 N–H and O–H groups in total. The highest BCUT2D eigenvalue weighted by Gasteiger charge is 2.38. The van der Waals surface area contributed by atoms with Crippen molar-refractivity contribution in [3.05, 3.63) is 59.7 Å². The number of amides is 1. The number of hydrogen-bond acceptors (Lipinski definition) is 5. The number of carboxylic acid groups (broad SMARTS) is 1. The Bertz CT molecular complexity index is 974. The Labute approximate surface area is 187 Å². The van der Waals surface area contributed by atoms with E-state index in [0.29, 0.717) is 35.9 Å². The summed E-state index contributed by atoms with van der Waals surface area (Å²) in [6, 6.07) is 8.54. The number of alkyl halides is 3. The molecule has 3 heterocycles. The van der Waals surface area contributed by atoms with Crippen molar-refractivity contribution in [1.82, 2.24) is 15.6 Å². The second-order valence-electron chi connectivity index (χ2n) is 7.92. The molecule has 7 nitrogen and oxygen atoms in total. The summed E-state index contributed by atoms with van der Waals surface area (Å²) in [6.07, 6.45) is -1.21. The fourth-order valence-electron chi connectivity index (χ4n) is 3.91. The smallest absolute Gasteiger partial charge is 0.475 e. The maximum absolute atomic E-state index is 13.6. The summed E-state index contributed by atoms with van der Waals surface area (Å²) in [5.41, 5.74) is 2.16. The predicted molar refractivity (Wildman–Crippen MR) is 112 cm³/mol. The molecule has 11 heteroatoms. The van der Waals surface area contributed by atoms with Crippen molar-refractivity contribution in [3.63, 3.8) is 0 Å². The molecule has 2 aromatic rings. The van der Waals surface area contributed by atoms with Gasteiger partial charge in [-0.05, 0) is 36.0 Å². The van der Waals surface area contributed by atoms with Crippen molar-refractivity contribution in [1.29, 1.82) is 0 Å². The van der Waals surface area contributed by atoms with E-state index in [0.717, 1.165) is 31.9 Å². The highest BCUT2D eigenvalue weighted by molar-refractivity contribution is 5.94. The maximum Gasteiger partial charge on any atom is 0.490 e. The Morgan fingerprint density at radius 1 is 1.15 bits per heavy atom.